The van der Waals surface area contributed by atoms with Gasteiger partial charge in [-0.25, -0.2) is 8.78 Å². The van der Waals surface area contributed by atoms with Crippen LogP contribution in [0.1, 0.15) is 22.7 Å². The lowest BCUT2D eigenvalue weighted by atomic mass is 9.96. The molecule has 3 aromatic carbocycles. The molecule has 1 aliphatic heterocycles. The first kappa shape index (κ1) is 19.6. The van der Waals surface area contributed by atoms with E-state index in [0.29, 0.717) is 0 Å². The van der Waals surface area contributed by atoms with Crippen molar-refractivity contribution in [3.63, 3.8) is 0 Å². The lowest BCUT2D eigenvalue weighted by Gasteiger charge is -2.40. The monoisotopic (exact) mass is 393 g/mol. The van der Waals surface area contributed by atoms with Crippen molar-refractivity contribution in [2.45, 2.75) is 12.6 Å². The van der Waals surface area contributed by atoms with Crippen LogP contribution in [0.4, 0.5) is 14.5 Å². The van der Waals surface area contributed by atoms with Crippen LogP contribution in [-0.2, 0) is 6.54 Å². The van der Waals surface area contributed by atoms with E-state index in [4.69, 9.17) is 5.73 Å². The molecule has 0 aliphatic carbocycles. The Morgan fingerprint density at radius 3 is 1.66 bits per heavy atom. The molecule has 1 fully saturated rings. The molecule has 1 aliphatic rings. The molecule has 2 N–H and O–H groups in total. The van der Waals surface area contributed by atoms with Gasteiger partial charge < -0.3 is 5.73 Å². The van der Waals surface area contributed by atoms with E-state index in [1.807, 2.05) is 36.4 Å². The molecule has 1 heterocycles. The zero-order valence-electron chi connectivity index (χ0n) is 16.3. The van der Waals surface area contributed by atoms with Gasteiger partial charge in [0.05, 0.1) is 6.04 Å². The number of anilines is 1. The molecule has 1 saturated heterocycles. The van der Waals surface area contributed by atoms with E-state index in [2.05, 4.69) is 21.9 Å². The van der Waals surface area contributed by atoms with Crippen molar-refractivity contribution in [3.05, 3.63) is 101 Å². The first-order chi connectivity index (χ1) is 14.1. The second-order valence-electron chi connectivity index (χ2n) is 7.56. The van der Waals surface area contributed by atoms with E-state index in [9.17, 15) is 8.78 Å². The molecule has 150 valence electrons. The summed E-state index contributed by atoms with van der Waals surface area (Å²) in [7, 11) is 0. The summed E-state index contributed by atoms with van der Waals surface area (Å²) in [6, 6.07) is 21.2. The Bertz CT molecular complexity index is 870. The third-order valence-corrected chi connectivity index (χ3v) is 5.53. The smallest absolute Gasteiger partial charge is 0.123 e. The summed E-state index contributed by atoms with van der Waals surface area (Å²) >= 11 is 0. The molecule has 0 radical (unpaired) electrons. The predicted molar refractivity (Wildman–Crippen MR) is 112 cm³/mol. The normalized spacial score (nSPS) is 15.7. The Hall–Kier alpha value is -2.76. The topological polar surface area (TPSA) is 32.5 Å². The number of benzene rings is 3. The number of nitrogens with two attached hydrogens (primary N) is 1. The second-order valence-corrected chi connectivity index (χ2v) is 7.56. The van der Waals surface area contributed by atoms with Crippen LogP contribution >= 0.6 is 0 Å². The standard InChI is InChI=1S/C24H25F2N3/c25-21-7-3-19(4-8-21)24(20-5-9-22(26)10-6-20)29-15-13-28(14-16-29)17-18-1-11-23(27)12-2-18/h1-12,24H,13-17,27H2. The van der Waals surface area contributed by atoms with Crippen LogP contribution in [0.2, 0.25) is 0 Å². The van der Waals surface area contributed by atoms with Crippen molar-refractivity contribution in [2.75, 3.05) is 31.9 Å². The van der Waals surface area contributed by atoms with Gasteiger partial charge in [0.1, 0.15) is 11.6 Å². The Morgan fingerprint density at radius 1 is 0.690 bits per heavy atom. The Labute approximate surface area is 170 Å². The van der Waals surface area contributed by atoms with Crippen LogP contribution in [-0.4, -0.2) is 36.0 Å². The van der Waals surface area contributed by atoms with Gasteiger partial charge in [-0.2, -0.15) is 0 Å². The molecule has 0 unspecified atom stereocenters. The minimum atomic E-state index is -0.250. The molecule has 0 atom stereocenters. The van der Waals surface area contributed by atoms with E-state index in [1.54, 1.807) is 0 Å². The van der Waals surface area contributed by atoms with Gasteiger partial charge in [-0.1, -0.05) is 36.4 Å². The molecule has 0 aromatic heterocycles. The average molecular weight is 393 g/mol. The highest BCUT2D eigenvalue weighted by Gasteiger charge is 2.26. The first-order valence-corrected chi connectivity index (χ1v) is 9.90. The maximum atomic E-state index is 13.5. The highest BCUT2D eigenvalue weighted by molar-refractivity contribution is 5.39. The number of rotatable bonds is 5. The van der Waals surface area contributed by atoms with Crippen LogP contribution < -0.4 is 5.73 Å². The van der Waals surface area contributed by atoms with Crippen LogP contribution in [0.5, 0.6) is 0 Å². The molecule has 5 heteroatoms. The van der Waals surface area contributed by atoms with E-state index >= 15 is 0 Å². The van der Waals surface area contributed by atoms with Gasteiger partial charge >= 0.3 is 0 Å². The summed E-state index contributed by atoms with van der Waals surface area (Å²) in [5, 5.41) is 0. The van der Waals surface area contributed by atoms with Crippen molar-refractivity contribution >= 4 is 5.69 Å². The van der Waals surface area contributed by atoms with Crippen molar-refractivity contribution in [2.24, 2.45) is 0 Å². The maximum absolute atomic E-state index is 13.5. The van der Waals surface area contributed by atoms with Crippen molar-refractivity contribution in [3.8, 4) is 0 Å². The van der Waals surface area contributed by atoms with Crippen LogP contribution in [0.25, 0.3) is 0 Å². The van der Waals surface area contributed by atoms with Crippen LogP contribution in [0.15, 0.2) is 72.8 Å². The van der Waals surface area contributed by atoms with Gasteiger partial charge in [0.2, 0.25) is 0 Å². The molecule has 3 aromatic rings. The Balaban J connectivity index is 1.49. The number of hydrogen-bond acceptors (Lipinski definition) is 3. The van der Waals surface area contributed by atoms with E-state index in [1.165, 1.54) is 29.8 Å². The number of nitrogen functional groups attached to an aromatic ring is 1. The number of hydrogen-bond donors (Lipinski definition) is 1. The molecule has 0 amide bonds. The highest BCUT2D eigenvalue weighted by atomic mass is 19.1. The zero-order chi connectivity index (χ0) is 20.2. The van der Waals surface area contributed by atoms with Gasteiger partial charge in [0.15, 0.2) is 0 Å². The second kappa shape index (κ2) is 8.72. The molecule has 0 saturated carbocycles. The van der Waals surface area contributed by atoms with Crippen LogP contribution in [0.3, 0.4) is 0 Å². The van der Waals surface area contributed by atoms with Gasteiger partial charge in [0.25, 0.3) is 0 Å². The minimum Gasteiger partial charge on any atom is -0.399 e. The fourth-order valence-electron chi connectivity index (χ4n) is 3.97. The van der Waals surface area contributed by atoms with Gasteiger partial charge in [-0.3, -0.25) is 9.80 Å². The lowest BCUT2D eigenvalue weighted by molar-refractivity contribution is 0.105. The molecule has 3 nitrogen and oxygen atoms in total. The summed E-state index contributed by atoms with van der Waals surface area (Å²) in [4.78, 5) is 4.81. The molecule has 0 bridgehead atoms. The summed E-state index contributed by atoms with van der Waals surface area (Å²) in [5.41, 5.74) is 9.84. The third-order valence-electron chi connectivity index (χ3n) is 5.53. The quantitative estimate of drug-likeness (QED) is 0.650. The van der Waals surface area contributed by atoms with E-state index in [0.717, 1.165) is 49.5 Å². The van der Waals surface area contributed by atoms with Gasteiger partial charge in [-0.05, 0) is 53.1 Å². The van der Waals surface area contributed by atoms with Crippen molar-refractivity contribution in [1.29, 1.82) is 0 Å². The number of piperazine rings is 1. The average Bonchev–Trinajstić information content (AvgIpc) is 2.74. The SMILES string of the molecule is Nc1ccc(CN2CCN(C(c3ccc(F)cc3)c3ccc(F)cc3)CC2)cc1. The molecular formula is C24H25F2N3. The largest absolute Gasteiger partial charge is 0.399 e. The fraction of sp³-hybridized carbons (Fsp3) is 0.250. The summed E-state index contributed by atoms with van der Waals surface area (Å²) in [6.45, 7) is 4.53. The molecule has 4 rings (SSSR count). The number of halogens is 2. The Kier molecular flexibility index (Phi) is 5.88. The van der Waals surface area contributed by atoms with Gasteiger partial charge in [-0.15, -0.1) is 0 Å². The maximum Gasteiger partial charge on any atom is 0.123 e. The highest BCUT2D eigenvalue weighted by Crippen LogP contribution is 2.30. The van der Waals surface area contributed by atoms with Crippen molar-refractivity contribution < 1.29 is 8.78 Å². The summed E-state index contributed by atoms with van der Waals surface area (Å²) < 4.78 is 26.9. The summed E-state index contributed by atoms with van der Waals surface area (Å²) in [5.74, 6) is -0.500. The first-order valence-electron chi connectivity index (χ1n) is 9.90. The Morgan fingerprint density at radius 2 is 1.17 bits per heavy atom. The van der Waals surface area contributed by atoms with Crippen LogP contribution in [0, 0.1) is 11.6 Å². The van der Waals surface area contributed by atoms with E-state index < -0.39 is 0 Å². The fourth-order valence-corrected chi connectivity index (χ4v) is 3.97. The molecule has 0 spiro atoms. The molecular weight excluding hydrogens is 368 g/mol. The predicted octanol–water partition coefficient (Wildman–Crippen LogP) is 4.45. The summed E-state index contributed by atoms with van der Waals surface area (Å²) in [6.07, 6.45) is 0. The minimum absolute atomic E-state index is 0.0186. The molecule has 29 heavy (non-hydrogen) atoms. The third kappa shape index (κ3) is 4.81. The van der Waals surface area contributed by atoms with E-state index in [-0.39, 0.29) is 17.7 Å². The number of nitrogens with zero attached hydrogens (tertiary/aromatic N) is 2. The lowest BCUT2D eigenvalue weighted by Crippen LogP contribution is -2.47. The van der Waals surface area contributed by atoms with Crippen molar-refractivity contribution in [1.82, 2.24) is 9.80 Å². The van der Waals surface area contributed by atoms with Gasteiger partial charge in [0, 0.05) is 38.4 Å². The zero-order valence-corrected chi connectivity index (χ0v) is 16.3.